The van der Waals surface area contributed by atoms with E-state index in [0.29, 0.717) is 35.0 Å². The van der Waals surface area contributed by atoms with Crippen LogP contribution in [0, 0.1) is 0 Å². The Morgan fingerprint density at radius 1 is 1.03 bits per heavy atom. The Morgan fingerprint density at radius 2 is 1.72 bits per heavy atom. The fraction of sp³-hybridized carbons (Fsp3) is 0.308. The van der Waals surface area contributed by atoms with Crippen LogP contribution in [0.3, 0.4) is 0 Å². The Bertz CT molecular complexity index is 1330. The van der Waals surface area contributed by atoms with Gasteiger partial charge in [0.25, 0.3) is 0 Å². The van der Waals surface area contributed by atoms with Gasteiger partial charge in [-0.15, -0.1) is 0 Å². The first-order valence-electron chi connectivity index (χ1n) is 11.7. The van der Waals surface area contributed by atoms with Crippen LogP contribution in [0.1, 0.15) is 23.1 Å². The standard InChI is InChI=1S/C26H22F6N2O4S/c27-25(28,29)22-15(5-7-21(35)34-8-10-38-11-9-34)4-6-20(23(22)26(30,31)32)39-18-3-1-2-17(13-18)33-14-16-12-19(16)24(36)37/h1-7,13,33H,8-12,14H2,(H,36,37)/b7-5+. The van der Waals surface area contributed by atoms with E-state index < -0.39 is 45.8 Å². The number of ether oxygens (including phenoxy) is 1. The van der Waals surface area contributed by atoms with Gasteiger partial charge in [-0.3, -0.25) is 4.79 Å². The number of rotatable bonds is 8. The van der Waals surface area contributed by atoms with Crippen molar-refractivity contribution in [2.45, 2.75) is 28.6 Å². The summed E-state index contributed by atoms with van der Waals surface area (Å²) in [4.78, 5) is 24.2. The Labute approximate surface area is 223 Å². The third-order valence-electron chi connectivity index (χ3n) is 6.01. The molecular weight excluding hydrogens is 550 g/mol. The Balaban J connectivity index is 1.63. The van der Waals surface area contributed by atoms with Crippen molar-refractivity contribution in [3.05, 3.63) is 70.3 Å². The van der Waals surface area contributed by atoms with Crippen LogP contribution in [0.5, 0.6) is 0 Å². The minimum Gasteiger partial charge on any atom is -0.478 e. The van der Waals surface area contributed by atoms with Crippen molar-refractivity contribution < 1.29 is 45.8 Å². The zero-order valence-corrected chi connectivity index (χ0v) is 21.0. The minimum absolute atomic E-state index is 0.227. The maximum atomic E-state index is 14.1. The summed E-state index contributed by atoms with van der Waals surface area (Å²) in [5.41, 5.74) is -3.04. The highest BCUT2D eigenvalue weighted by Crippen LogP contribution is 2.48. The fourth-order valence-electron chi connectivity index (χ4n) is 4.03. The predicted molar refractivity (Wildman–Crippen MR) is 131 cm³/mol. The van der Waals surface area contributed by atoms with Crippen LogP contribution in [-0.4, -0.2) is 54.7 Å². The number of hydrogen-bond acceptors (Lipinski definition) is 5. The van der Waals surface area contributed by atoms with Crippen LogP contribution >= 0.6 is 11.8 Å². The molecule has 0 saturated carbocycles. The van der Waals surface area contributed by atoms with Gasteiger partial charge in [-0.2, -0.15) is 26.3 Å². The molecule has 1 aliphatic carbocycles. The summed E-state index contributed by atoms with van der Waals surface area (Å²) < 4.78 is 89.7. The molecule has 2 N–H and O–H groups in total. The summed E-state index contributed by atoms with van der Waals surface area (Å²) >= 11 is 0.517. The van der Waals surface area contributed by atoms with Crippen molar-refractivity contribution in [3.8, 4) is 0 Å². The average molecular weight is 573 g/mol. The first kappa shape index (κ1) is 28.6. The van der Waals surface area contributed by atoms with Gasteiger partial charge in [-0.05, 0) is 41.5 Å². The molecule has 0 atom stereocenters. The van der Waals surface area contributed by atoms with E-state index in [0.717, 1.165) is 24.3 Å². The van der Waals surface area contributed by atoms with Gasteiger partial charge >= 0.3 is 18.3 Å². The highest BCUT2D eigenvalue weighted by Gasteiger charge is 2.46. The van der Waals surface area contributed by atoms with Gasteiger partial charge < -0.3 is 20.1 Å². The first-order valence-corrected chi connectivity index (χ1v) is 12.5. The highest BCUT2D eigenvalue weighted by atomic mass is 32.2. The van der Waals surface area contributed by atoms with Crippen LogP contribution < -0.4 is 5.32 Å². The number of nitrogens with zero attached hydrogens (tertiary/aromatic N) is 1. The number of anilines is 1. The fourth-order valence-corrected chi connectivity index (χ4v) is 5.07. The molecule has 4 rings (SSSR count). The number of benzene rings is 2. The van der Waals surface area contributed by atoms with Gasteiger partial charge in [0.15, 0.2) is 0 Å². The summed E-state index contributed by atoms with van der Waals surface area (Å²) in [5.74, 6) is -1.64. The summed E-state index contributed by atoms with van der Waals surface area (Å²) in [6.45, 7) is 1.20. The van der Waals surface area contributed by atoms with Crippen LogP contribution in [0.2, 0.25) is 0 Å². The zero-order chi connectivity index (χ0) is 28.4. The van der Waals surface area contributed by atoms with Crippen LogP contribution in [0.4, 0.5) is 32.0 Å². The molecule has 6 nitrogen and oxygen atoms in total. The van der Waals surface area contributed by atoms with Gasteiger partial charge in [0.05, 0.1) is 24.3 Å². The molecule has 1 saturated heterocycles. The molecule has 0 aromatic heterocycles. The summed E-state index contributed by atoms with van der Waals surface area (Å²) in [6, 6.07) is 7.93. The second-order valence-electron chi connectivity index (χ2n) is 8.72. The summed E-state index contributed by atoms with van der Waals surface area (Å²) in [7, 11) is 0. The van der Waals surface area contributed by atoms with E-state index in [4.69, 9.17) is 9.84 Å². The number of aliphatic carboxylic acids is 1. The number of carbonyl (C=O) groups is 2. The zero-order valence-electron chi connectivity index (χ0n) is 20.2. The number of amides is 1. The van der Waals surface area contributed by atoms with E-state index in [9.17, 15) is 35.9 Å². The molecule has 1 heterocycles. The number of nitrogens with one attached hydrogen (secondary N) is 1. The smallest absolute Gasteiger partial charge is 0.418 e. The topological polar surface area (TPSA) is 78.9 Å². The molecule has 1 aliphatic heterocycles. The van der Waals surface area contributed by atoms with Crippen molar-refractivity contribution in [1.29, 1.82) is 0 Å². The molecule has 0 unspecified atom stereocenters. The molecule has 13 heteroatoms. The third kappa shape index (κ3) is 7.15. The van der Waals surface area contributed by atoms with Crippen LogP contribution in [-0.2, 0) is 26.7 Å². The molecule has 208 valence electrons. The lowest BCUT2D eigenvalue weighted by molar-refractivity contribution is -0.163. The number of carbonyl (C=O) groups excluding carboxylic acids is 1. The monoisotopic (exact) mass is 572 g/mol. The molecule has 39 heavy (non-hydrogen) atoms. The summed E-state index contributed by atoms with van der Waals surface area (Å²) in [6.07, 6.45) is -8.75. The number of halogens is 6. The number of hydrogen-bond donors (Lipinski definition) is 2. The van der Waals surface area contributed by atoms with Crippen LogP contribution in [0.25, 0.3) is 6.08 Å². The lowest BCUT2D eigenvalue weighted by Crippen LogP contribution is -2.39. The molecule has 1 fully saturated rings. The molecule has 1 amide bonds. The SMILES string of the molecule is O=C(O)C1=C(CNc2cccc(Sc3ccc(/C=C/C(=O)N4CCOCC4)c(C(F)(F)F)c3C(F)(F)F)c2)C1. The van der Waals surface area contributed by atoms with E-state index in [1.54, 1.807) is 6.07 Å². The second-order valence-corrected chi connectivity index (χ2v) is 9.83. The van der Waals surface area contributed by atoms with Gasteiger partial charge in [-0.25, -0.2) is 4.79 Å². The van der Waals surface area contributed by atoms with E-state index in [-0.39, 0.29) is 37.7 Å². The van der Waals surface area contributed by atoms with Crippen molar-refractivity contribution >= 4 is 35.4 Å². The molecular formula is C26H22F6N2O4S. The number of morpholine rings is 1. The Kier molecular flexibility index (Phi) is 8.31. The maximum absolute atomic E-state index is 14.1. The number of carboxylic acid groups (broad SMARTS) is 1. The van der Waals surface area contributed by atoms with Crippen molar-refractivity contribution in [2.75, 3.05) is 38.2 Å². The molecule has 0 spiro atoms. The largest absolute Gasteiger partial charge is 0.478 e. The normalized spacial score (nSPS) is 16.1. The molecule has 2 aliphatic rings. The van der Waals surface area contributed by atoms with Crippen molar-refractivity contribution in [1.82, 2.24) is 4.90 Å². The van der Waals surface area contributed by atoms with Crippen molar-refractivity contribution in [3.63, 3.8) is 0 Å². The molecule has 0 radical (unpaired) electrons. The minimum atomic E-state index is -5.35. The molecule has 2 aromatic rings. The average Bonchev–Trinajstić information content (AvgIpc) is 3.66. The van der Waals surface area contributed by atoms with Gasteiger partial charge in [0.2, 0.25) is 5.91 Å². The highest BCUT2D eigenvalue weighted by molar-refractivity contribution is 7.99. The number of carboxylic acids is 1. The predicted octanol–water partition coefficient (Wildman–Crippen LogP) is 5.94. The lowest BCUT2D eigenvalue weighted by Gasteiger charge is -2.25. The maximum Gasteiger partial charge on any atom is 0.418 e. The van der Waals surface area contributed by atoms with Gasteiger partial charge in [-0.1, -0.05) is 23.9 Å². The van der Waals surface area contributed by atoms with Crippen molar-refractivity contribution in [2.24, 2.45) is 0 Å². The van der Waals surface area contributed by atoms with E-state index in [1.165, 1.54) is 23.1 Å². The Hall–Kier alpha value is -3.45. The lowest BCUT2D eigenvalue weighted by atomic mass is 9.99. The molecule has 0 bridgehead atoms. The molecule has 2 aromatic carbocycles. The van der Waals surface area contributed by atoms with Crippen LogP contribution in [0.15, 0.2) is 63.4 Å². The summed E-state index contributed by atoms with van der Waals surface area (Å²) in [5, 5.41) is 11.9. The second kappa shape index (κ2) is 11.3. The van der Waals surface area contributed by atoms with E-state index in [1.807, 2.05) is 0 Å². The first-order chi connectivity index (χ1) is 18.3. The Morgan fingerprint density at radius 3 is 2.33 bits per heavy atom. The third-order valence-corrected chi connectivity index (χ3v) is 7.06. The van der Waals surface area contributed by atoms with E-state index >= 15 is 0 Å². The quantitative estimate of drug-likeness (QED) is 0.301. The number of alkyl halides is 6. The van der Waals surface area contributed by atoms with Gasteiger partial charge in [0.1, 0.15) is 0 Å². The van der Waals surface area contributed by atoms with Gasteiger partial charge in [0, 0.05) is 53.2 Å². The van der Waals surface area contributed by atoms with E-state index in [2.05, 4.69) is 5.32 Å².